The van der Waals surface area contributed by atoms with E-state index in [0.29, 0.717) is 44.9 Å². The standard InChI is InChI=1S/C48H74O20/c1-20-28(52)30(54)32(56)39(63-20)66-35-34(58)36(38(59)60)67-41(37(35)68-40-33(57)31(55)29(53)23(18-49)64-40)65-27-11-12-44(4)24(45(27,5)19-50)10-13-46(6)25(44)9-8-21-22-16-43(2,3)14-15-48(22,42(61)62)26(51)17-47(21,46)7/h8,19-20,22-37,39-41,49,51-58H,9-18H2,1-7H3,(H,59,60)(H,61,62)/t20-,22-,23+,24+,25+,26+,27-,28-,29-,30+,31-,32+,33+,34-,35-,36-,37+,39-,40-,41+,44-,45-,46+,47+,48+/m0/s1. The van der Waals surface area contributed by atoms with Crippen LogP contribution in [0.3, 0.4) is 0 Å². The Bertz CT molecular complexity index is 1950. The maximum atomic E-state index is 13.8. The fourth-order valence-electron chi connectivity index (χ4n) is 15.0. The highest BCUT2D eigenvalue weighted by molar-refractivity contribution is 5.78. The van der Waals surface area contributed by atoms with Crippen LogP contribution < -0.4 is 0 Å². The van der Waals surface area contributed by atoms with E-state index < -0.39 is 150 Å². The summed E-state index contributed by atoms with van der Waals surface area (Å²) in [4.78, 5) is 39.9. The molecule has 8 aliphatic rings. The molecule has 0 amide bonds. The van der Waals surface area contributed by atoms with E-state index in [4.69, 9.17) is 28.4 Å². The van der Waals surface area contributed by atoms with Crippen molar-refractivity contribution in [2.45, 2.75) is 211 Å². The van der Waals surface area contributed by atoms with Gasteiger partial charge in [-0.05, 0) is 104 Å². The van der Waals surface area contributed by atoms with Gasteiger partial charge in [0.15, 0.2) is 25.0 Å². The first kappa shape index (κ1) is 52.1. The van der Waals surface area contributed by atoms with Crippen LogP contribution in [0.15, 0.2) is 11.6 Å². The van der Waals surface area contributed by atoms with Gasteiger partial charge < -0.3 is 89.4 Å². The molecule has 0 bridgehead atoms. The second kappa shape index (κ2) is 18.0. The quantitative estimate of drug-likeness (QED) is 0.0778. The number of hydrogen-bond donors (Lipinski definition) is 11. The van der Waals surface area contributed by atoms with Gasteiger partial charge in [-0.15, -0.1) is 0 Å². The second-order valence-electron chi connectivity index (χ2n) is 23.3. The van der Waals surface area contributed by atoms with Crippen LogP contribution in [0, 0.1) is 50.2 Å². The SMILES string of the molecule is C[C@@H]1O[C@@H](O[C@H]2[C@H](O)[C@@H](C(=O)O)O[C@@H](O[C@H]3CC[C@]4(C)[C@H]5CC=C6[C@@H]7CC(C)(C)CC[C@]7(C(=O)O)[C@H](O)C[C@@]6(C)[C@]5(C)CC[C@H]4[C@]3(C)C=O)[C@@H]2O[C@@H]2O[C@H](CO)[C@H](O)[C@H](O)[C@H]2O)[C@H](O)[C@H](O)[C@H]1O. The van der Waals surface area contributed by atoms with Crippen molar-refractivity contribution in [3.05, 3.63) is 11.6 Å². The summed E-state index contributed by atoms with van der Waals surface area (Å²) in [6.07, 6.45) is -21.9. The minimum absolute atomic E-state index is 0.0282. The third-order valence-electron chi connectivity index (χ3n) is 19.3. The lowest BCUT2D eigenvalue weighted by molar-refractivity contribution is -0.394. The molecule has 0 aromatic carbocycles. The minimum atomic E-state index is -2.15. The summed E-state index contributed by atoms with van der Waals surface area (Å²) in [5, 5.41) is 119. The smallest absolute Gasteiger partial charge is 0.335 e. The molecule has 5 aliphatic carbocycles. The number of aliphatic hydroxyl groups is 9. The van der Waals surface area contributed by atoms with Crippen molar-refractivity contribution in [2.24, 2.45) is 50.2 Å². The molecule has 68 heavy (non-hydrogen) atoms. The van der Waals surface area contributed by atoms with Gasteiger partial charge in [-0.2, -0.15) is 0 Å². The topological polar surface area (TPSA) is 329 Å². The summed E-state index contributed by atoms with van der Waals surface area (Å²) in [5.74, 6) is -3.37. The zero-order valence-electron chi connectivity index (χ0n) is 39.9. The third kappa shape index (κ3) is 7.77. The second-order valence-corrected chi connectivity index (χ2v) is 23.3. The first-order chi connectivity index (χ1) is 31.7. The van der Waals surface area contributed by atoms with E-state index in [2.05, 4.69) is 40.7 Å². The number of rotatable bonds is 10. The summed E-state index contributed by atoms with van der Waals surface area (Å²) < 4.78 is 36.2. The van der Waals surface area contributed by atoms with Crippen LogP contribution in [0.4, 0.5) is 0 Å². The van der Waals surface area contributed by atoms with E-state index >= 15 is 0 Å². The highest BCUT2D eigenvalue weighted by Crippen LogP contribution is 2.76. The third-order valence-corrected chi connectivity index (χ3v) is 19.3. The normalized spacial score (nSPS) is 54.5. The van der Waals surface area contributed by atoms with Gasteiger partial charge >= 0.3 is 11.9 Å². The van der Waals surface area contributed by atoms with Crippen LogP contribution in [0.1, 0.15) is 106 Å². The van der Waals surface area contributed by atoms with Gasteiger partial charge in [-0.25, -0.2) is 4.79 Å². The van der Waals surface area contributed by atoms with Gasteiger partial charge in [0, 0.05) is 0 Å². The number of allylic oxidation sites excluding steroid dienone is 2. The number of ether oxygens (including phenoxy) is 6. The largest absolute Gasteiger partial charge is 0.481 e. The fourth-order valence-corrected chi connectivity index (χ4v) is 15.0. The highest BCUT2D eigenvalue weighted by Gasteiger charge is 2.72. The molecule has 4 saturated carbocycles. The number of fused-ring (bicyclic) bond motifs is 7. The molecule has 25 atom stereocenters. The maximum Gasteiger partial charge on any atom is 0.335 e. The van der Waals surface area contributed by atoms with E-state index in [-0.39, 0.29) is 36.0 Å². The van der Waals surface area contributed by atoms with E-state index in [1.165, 1.54) is 6.92 Å². The molecule has 20 heteroatoms. The van der Waals surface area contributed by atoms with Crippen molar-refractivity contribution in [1.29, 1.82) is 0 Å². The first-order valence-corrected chi connectivity index (χ1v) is 24.3. The molecule has 3 aliphatic heterocycles. The number of aliphatic carboxylic acids is 2. The van der Waals surface area contributed by atoms with Crippen molar-refractivity contribution >= 4 is 18.2 Å². The lowest BCUT2D eigenvalue weighted by Crippen LogP contribution is -2.69. The van der Waals surface area contributed by atoms with Crippen LogP contribution >= 0.6 is 0 Å². The average Bonchev–Trinajstić information content (AvgIpc) is 3.27. The molecule has 11 N–H and O–H groups in total. The Labute approximate surface area is 395 Å². The predicted octanol–water partition coefficient (Wildman–Crippen LogP) is -0.0241. The molecule has 3 heterocycles. The number of carboxylic acids is 2. The molecule has 0 aromatic heterocycles. The Kier molecular flexibility index (Phi) is 13.8. The van der Waals surface area contributed by atoms with Crippen LogP contribution in [-0.2, 0) is 42.8 Å². The van der Waals surface area contributed by atoms with Crippen molar-refractivity contribution in [1.82, 2.24) is 0 Å². The van der Waals surface area contributed by atoms with E-state index in [1.54, 1.807) is 6.92 Å². The Hall–Kier alpha value is -2.25. The highest BCUT2D eigenvalue weighted by atomic mass is 16.8. The molecular formula is C48H74O20. The molecule has 0 spiro atoms. The number of carbonyl (C=O) groups excluding carboxylic acids is 1. The van der Waals surface area contributed by atoms with Gasteiger partial charge in [-0.1, -0.05) is 53.2 Å². The van der Waals surface area contributed by atoms with Crippen LogP contribution in [0.25, 0.3) is 0 Å². The van der Waals surface area contributed by atoms with Crippen LogP contribution in [0.5, 0.6) is 0 Å². The van der Waals surface area contributed by atoms with Crippen molar-refractivity contribution < 1.29 is 99.0 Å². The van der Waals surface area contributed by atoms with Crippen molar-refractivity contribution in [2.75, 3.05) is 6.61 Å². The molecule has 7 fully saturated rings. The summed E-state index contributed by atoms with van der Waals surface area (Å²) in [6.45, 7) is 13.2. The molecular weight excluding hydrogens is 897 g/mol. The molecule has 8 rings (SSSR count). The van der Waals surface area contributed by atoms with Gasteiger partial charge in [0.25, 0.3) is 0 Å². The maximum absolute atomic E-state index is 13.8. The summed E-state index contributed by atoms with van der Waals surface area (Å²) >= 11 is 0. The van der Waals surface area contributed by atoms with Gasteiger partial charge in [0.05, 0.1) is 30.3 Å². The molecule has 0 aromatic rings. The summed E-state index contributed by atoms with van der Waals surface area (Å²) in [5.41, 5.74) is -3.12. The summed E-state index contributed by atoms with van der Waals surface area (Å²) in [7, 11) is 0. The van der Waals surface area contributed by atoms with E-state index in [9.17, 15) is 70.6 Å². The Balaban J connectivity index is 1.13. The monoisotopic (exact) mass is 970 g/mol. The summed E-state index contributed by atoms with van der Waals surface area (Å²) in [6, 6.07) is 0. The minimum Gasteiger partial charge on any atom is -0.481 e. The lowest BCUT2D eigenvalue weighted by atomic mass is 9.33. The van der Waals surface area contributed by atoms with Crippen LogP contribution in [-0.4, -0.2) is 185 Å². The first-order valence-electron chi connectivity index (χ1n) is 24.3. The molecule has 386 valence electrons. The van der Waals surface area contributed by atoms with Gasteiger partial charge in [0.1, 0.15) is 72.7 Å². The zero-order valence-corrected chi connectivity index (χ0v) is 39.9. The van der Waals surface area contributed by atoms with Crippen molar-refractivity contribution in [3.8, 4) is 0 Å². The number of hydrogen-bond acceptors (Lipinski definition) is 18. The number of aliphatic hydroxyl groups excluding tert-OH is 9. The number of carboxylic acid groups (broad SMARTS) is 2. The van der Waals surface area contributed by atoms with Gasteiger partial charge in [0.2, 0.25) is 0 Å². The Morgan fingerprint density at radius 2 is 1.34 bits per heavy atom. The van der Waals surface area contributed by atoms with E-state index in [1.807, 2.05) is 0 Å². The van der Waals surface area contributed by atoms with Crippen molar-refractivity contribution in [3.63, 3.8) is 0 Å². The average molecular weight is 971 g/mol. The fraction of sp³-hybridized carbons (Fsp3) is 0.896. The van der Waals surface area contributed by atoms with E-state index in [0.717, 1.165) is 11.9 Å². The van der Waals surface area contributed by atoms with Crippen LogP contribution in [0.2, 0.25) is 0 Å². The molecule has 3 saturated heterocycles. The molecule has 20 nitrogen and oxygen atoms in total. The number of carbonyl (C=O) groups is 3. The Morgan fingerprint density at radius 1 is 0.706 bits per heavy atom. The lowest BCUT2D eigenvalue weighted by Gasteiger charge is -2.71. The molecule has 0 radical (unpaired) electrons. The molecule has 0 unspecified atom stereocenters. The number of aldehydes is 1. The zero-order chi connectivity index (χ0) is 50.0. The van der Waals surface area contributed by atoms with Gasteiger partial charge in [-0.3, -0.25) is 4.79 Å². The predicted molar refractivity (Wildman–Crippen MR) is 231 cm³/mol. The Morgan fingerprint density at radius 3 is 1.96 bits per heavy atom.